The van der Waals surface area contributed by atoms with Gasteiger partial charge >= 0.3 is 11.9 Å². The first-order chi connectivity index (χ1) is 9.90. The number of thiocarbonyl (C=S) groups is 1. The van der Waals surface area contributed by atoms with Crippen molar-refractivity contribution in [2.24, 2.45) is 0 Å². The lowest BCUT2D eigenvalue weighted by Crippen LogP contribution is -2.45. The first-order valence-electron chi connectivity index (χ1n) is 5.65. The molecule has 110 valence electrons. The molecule has 1 saturated heterocycles. The maximum Gasteiger partial charge on any atom is 0.327 e. The fourth-order valence-corrected chi connectivity index (χ4v) is 3.04. The monoisotopic (exact) mass is 327 g/mol. The van der Waals surface area contributed by atoms with Gasteiger partial charge in [0.1, 0.15) is 16.1 Å². The Balaban J connectivity index is 2.29. The average Bonchev–Trinajstić information content (AvgIpc) is 2.97. The van der Waals surface area contributed by atoms with Gasteiger partial charge in [-0.3, -0.25) is 14.5 Å². The zero-order chi connectivity index (χ0) is 15.6. The summed E-state index contributed by atoms with van der Waals surface area (Å²) < 4.78 is 5.08. The van der Waals surface area contributed by atoms with E-state index in [2.05, 4.69) is 0 Å². The van der Waals surface area contributed by atoms with E-state index in [1.807, 2.05) is 0 Å². The van der Waals surface area contributed by atoms with Crippen LogP contribution in [0, 0.1) is 0 Å². The highest BCUT2D eigenvalue weighted by molar-refractivity contribution is 8.26. The molecule has 2 heterocycles. The topological polar surface area (TPSA) is 108 Å². The highest BCUT2D eigenvalue weighted by Crippen LogP contribution is 2.34. The smallest absolute Gasteiger partial charge is 0.327 e. The van der Waals surface area contributed by atoms with E-state index in [1.165, 1.54) is 12.3 Å². The van der Waals surface area contributed by atoms with E-state index < -0.39 is 30.3 Å². The number of aliphatic carboxylic acids is 2. The normalized spacial score (nSPS) is 18.3. The molecule has 1 aliphatic rings. The first kappa shape index (κ1) is 15.3. The molecule has 21 heavy (non-hydrogen) atoms. The molecule has 1 atom stereocenters. The molecule has 0 aliphatic carbocycles. The van der Waals surface area contributed by atoms with Crippen molar-refractivity contribution in [2.75, 3.05) is 0 Å². The Bertz CT molecular complexity index is 636. The molecule has 9 heteroatoms. The molecule has 7 nitrogen and oxygen atoms in total. The van der Waals surface area contributed by atoms with Crippen molar-refractivity contribution in [1.29, 1.82) is 0 Å². The van der Waals surface area contributed by atoms with E-state index in [0.717, 1.165) is 16.7 Å². The third kappa shape index (κ3) is 3.31. The summed E-state index contributed by atoms with van der Waals surface area (Å²) in [6.07, 6.45) is 2.13. The molecule has 1 unspecified atom stereocenters. The summed E-state index contributed by atoms with van der Waals surface area (Å²) in [4.78, 5) is 35.1. The van der Waals surface area contributed by atoms with Gasteiger partial charge in [-0.25, -0.2) is 4.79 Å². The number of furan rings is 1. The van der Waals surface area contributed by atoms with Crippen LogP contribution in [0.15, 0.2) is 27.7 Å². The average molecular weight is 327 g/mol. The van der Waals surface area contributed by atoms with Crippen LogP contribution in [-0.2, 0) is 14.4 Å². The lowest BCUT2D eigenvalue weighted by molar-refractivity contribution is -0.150. The second kappa shape index (κ2) is 6.10. The summed E-state index contributed by atoms with van der Waals surface area (Å²) >= 11 is 5.88. The molecule has 2 N–H and O–H groups in total. The van der Waals surface area contributed by atoms with Crippen molar-refractivity contribution in [3.05, 3.63) is 29.1 Å². The predicted molar refractivity (Wildman–Crippen MR) is 77.4 cm³/mol. The molecular weight excluding hydrogens is 318 g/mol. The number of hydrogen-bond donors (Lipinski definition) is 2. The van der Waals surface area contributed by atoms with Gasteiger partial charge in [0.05, 0.1) is 17.6 Å². The molecule has 0 spiro atoms. The summed E-state index contributed by atoms with van der Waals surface area (Å²) in [5.41, 5.74) is 0. The van der Waals surface area contributed by atoms with Crippen molar-refractivity contribution >= 4 is 52.2 Å². The highest BCUT2D eigenvalue weighted by Gasteiger charge is 2.41. The fourth-order valence-electron chi connectivity index (χ4n) is 1.71. The summed E-state index contributed by atoms with van der Waals surface area (Å²) in [5.74, 6) is -2.98. The zero-order valence-electron chi connectivity index (χ0n) is 10.4. The van der Waals surface area contributed by atoms with Crippen LogP contribution >= 0.6 is 24.0 Å². The number of hydrogen-bond acceptors (Lipinski definition) is 6. The Hall–Kier alpha value is -2.13. The minimum absolute atomic E-state index is 0.00598. The first-order valence-corrected chi connectivity index (χ1v) is 6.88. The Morgan fingerprint density at radius 1 is 1.48 bits per heavy atom. The Kier molecular flexibility index (Phi) is 4.43. The van der Waals surface area contributed by atoms with Gasteiger partial charge < -0.3 is 14.6 Å². The van der Waals surface area contributed by atoms with Gasteiger partial charge in [0, 0.05) is 6.08 Å². The summed E-state index contributed by atoms with van der Waals surface area (Å²) in [6, 6.07) is 1.73. The number of amides is 1. The SMILES string of the molecule is O=C(O)CC(C(=O)O)N1C(=O)/C(=C/c2ccco2)SC1=S. The third-order valence-electron chi connectivity index (χ3n) is 2.60. The van der Waals surface area contributed by atoms with Gasteiger partial charge in [-0.05, 0) is 12.1 Å². The number of carboxylic acids is 2. The number of carboxylic acid groups (broad SMARTS) is 2. The molecule has 0 saturated carbocycles. The Morgan fingerprint density at radius 2 is 2.19 bits per heavy atom. The second-order valence-corrected chi connectivity index (χ2v) is 5.69. The van der Waals surface area contributed by atoms with Gasteiger partial charge in [-0.15, -0.1) is 0 Å². The van der Waals surface area contributed by atoms with Gasteiger partial charge in [0.15, 0.2) is 0 Å². The molecule has 1 aliphatic heterocycles. The minimum Gasteiger partial charge on any atom is -0.481 e. The predicted octanol–water partition coefficient (Wildman–Crippen LogP) is 1.41. The fraction of sp³-hybridized carbons (Fsp3) is 0.167. The molecule has 1 fully saturated rings. The van der Waals surface area contributed by atoms with E-state index in [1.54, 1.807) is 12.1 Å². The largest absolute Gasteiger partial charge is 0.481 e. The van der Waals surface area contributed by atoms with Crippen LogP contribution in [0.5, 0.6) is 0 Å². The summed E-state index contributed by atoms with van der Waals surface area (Å²) in [6.45, 7) is 0. The number of nitrogens with zero attached hydrogens (tertiary/aromatic N) is 1. The molecule has 2 rings (SSSR count). The molecular formula is C12H9NO6S2. The van der Waals surface area contributed by atoms with Crippen LogP contribution in [0.1, 0.15) is 12.2 Å². The maximum absolute atomic E-state index is 12.2. The van der Waals surface area contributed by atoms with Crippen molar-refractivity contribution in [2.45, 2.75) is 12.5 Å². The lowest BCUT2D eigenvalue weighted by atomic mass is 10.2. The van der Waals surface area contributed by atoms with E-state index >= 15 is 0 Å². The van der Waals surface area contributed by atoms with Crippen LogP contribution in [0.4, 0.5) is 0 Å². The van der Waals surface area contributed by atoms with Crippen molar-refractivity contribution in [3.8, 4) is 0 Å². The molecule has 1 aromatic rings. The summed E-state index contributed by atoms with van der Waals surface area (Å²) in [5, 5.41) is 17.9. The quantitative estimate of drug-likeness (QED) is 0.617. The van der Waals surface area contributed by atoms with Crippen molar-refractivity contribution in [1.82, 2.24) is 4.90 Å². The number of carbonyl (C=O) groups excluding carboxylic acids is 1. The standard InChI is InChI=1S/C12H9NO6S2/c14-9(15)5-7(11(17)18)13-10(16)8(21-12(13)20)4-6-2-1-3-19-6/h1-4,7H,5H2,(H,14,15)(H,17,18)/b8-4-. The van der Waals surface area contributed by atoms with Gasteiger partial charge in [0.2, 0.25) is 0 Å². The van der Waals surface area contributed by atoms with E-state index in [4.69, 9.17) is 26.8 Å². The molecule has 0 bridgehead atoms. The number of carbonyl (C=O) groups is 3. The summed E-state index contributed by atoms with van der Waals surface area (Å²) in [7, 11) is 0. The van der Waals surface area contributed by atoms with Crippen LogP contribution in [0.25, 0.3) is 6.08 Å². The van der Waals surface area contributed by atoms with Crippen LogP contribution in [-0.4, -0.2) is 43.3 Å². The third-order valence-corrected chi connectivity index (χ3v) is 3.94. The molecule has 0 radical (unpaired) electrons. The van der Waals surface area contributed by atoms with Gasteiger partial charge in [-0.1, -0.05) is 24.0 Å². The highest BCUT2D eigenvalue weighted by atomic mass is 32.2. The lowest BCUT2D eigenvalue weighted by Gasteiger charge is -2.21. The van der Waals surface area contributed by atoms with Crippen LogP contribution in [0.3, 0.4) is 0 Å². The zero-order valence-corrected chi connectivity index (χ0v) is 12.0. The minimum atomic E-state index is -1.53. The number of thioether (sulfide) groups is 1. The van der Waals surface area contributed by atoms with E-state index in [-0.39, 0.29) is 9.23 Å². The van der Waals surface area contributed by atoms with Crippen molar-refractivity contribution < 1.29 is 29.0 Å². The van der Waals surface area contributed by atoms with Crippen LogP contribution in [0.2, 0.25) is 0 Å². The van der Waals surface area contributed by atoms with Gasteiger partial charge in [-0.2, -0.15) is 0 Å². The second-order valence-electron chi connectivity index (χ2n) is 4.02. The van der Waals surface area contributed by atoms with E-state index in [0.29, 0.717) is 5.76 Å². The molecule has 1 aromatic heterocycles. The van der Waals surface area contributed by atoms with Gasteiger partial charge in [0.25, 0.3) is 5.91 Å². The molecule has 0 aromatic carbocycles. The molecule has 1 amide bonds. The Labute approximate surface area is 128 Å². The Morgan fingerprint density at radius 3 is 2.71 bits per heavy atom. The van der Waals surface area contributed by atoms with Crippen LogP contribution < -0.4 is 0 Å². The maximum atomic E-state index is 12.2. The van der Waals surface area contributed by atoms with Crippen molar-refractivity contribution in [3.63, 3.8) is 0 Å². The number of rotatable bonds is 5. The van der Waals surface area contributed by atoms with E-state index in [9.17, 15) is 14.4 Å².